The van der Waals surface area contributed by atoms with Gasteiger partial charge in [-0.05, 0) is 86.2 Å². The summed E-state index contributed by atoms with van der Waals surface area (Å²) in [6.45, 7) is 8.60. The fourth-order valence-electron chi connectivity index (χ4n) is 5.05. The fraction of sp³-hybridized carbons (Fsp3) is 0.355. The number of rotatable bonds is 9. The lowest BCUT2D eigenvalue weighted by atomic mass is 10.1. The number of carbonyl (C=O) groups excluding carboxylic acids is 1. The van der Waals surface area contributed by atoms with Crippen molar-refractivity contribution < 1.29 is 9.53 Å². The van der Waals surface area contributed by atoms with E-state index in [1.165, 1.54) is 16.7 Å². The van der Waals surface area contributed by atoms with Gasteiger partial charge in [-0.3, -0.25) is 4.79 Å². The molecule has 5 rings (SSSR count). The van der Waals surface area contributed by atoms with Crippen LogP contribution in [0.5, 0.6) is 5.75 Å². The number of aryl methyl sites for hydroxylation is 4. The number of carbonyl (C=O) groups is 1. The van der Waals surface area contributed by atoms with Crippen LogP contribution < -0.4 is 9.64 Å². The Morgan fingerprint density at radius 1 is 0.972 bits per heavy atom. The second-order valence-electron chi connectivity index (χ2n) is 9.84. The van der Waals surface area contributed by atoms with Crippen LogP contribution in [0.4, 0.5) is 5.69 Å². The number of anilines is 1. The Kier molecular flexibility index (Phi) is 7.08. The van der Waals surface area contributed by atoms with E-state index in [9.17, 15) is 4.79 Å². The standard InChI is InChI=1S/C31H35N3O2/c1-4-24-12-14-26(15-13-24)34-21-25(20-30(34)35)31-32-28-9-5-6-10-29(28)33(31)17-7-8-18-36-27-16-11-22(2)23(3)19-27/h5-6,9-16,19,25H,4,7-8,17-18,20-21H2,1-3H3. The zero-order valence-electron chi connectivity index (χ0n) is 21.5. The second-order valence-corrected chi connectivity index (χ2v) is 9.84. The molecule has 0 aliphatic carbocycles. The highest BCUT2D eigenvalue weighted by Gasteiger charge is 2.34. The molecule has 1 aromatic heterocycles. The number of unbranched alkanes of at least 4 members (excludes halogenated alkanes) is 1. The van der Waals surface area contributed by atoms with Crippen LogP contribution in [0, 0.1) is 13.8 Å². The number of aromatic nitrogens is 2. The first-order chi connectivity index (χ1) is 17.5. The van der Waals surface area contributed by atoms with Gasteiger partial charge in [0.1, 0.15) is 11.6 Å². The number of para-hydroxylation sites is 2. The molecule has 0 spiro atoms. The summed E-state index contributed by atoms with van der Waals surface area (Å²) in [6.07, 6.45) is 3.44. The van der Waals surface area contributed by atoms with Crippen molar-refractivity contribution in [3.8, 4) is 5.75 Å². The van der Waals surface area contributed by atoms with Crippen LogP contribution in [0.25, 0.3) is 11.0 Å². The number of hydrogen-bond donors (Lipinski definition) is 0. The van der Waals surface area contributed by atoms with Crippen LogP contribution in [-0.2, 0) is 17.8 Å². The van der Waals surface area contributed by atoms with Gasteiger partial charge in [0.05, 0.1) is 17.6 Å². The highest BCUT2D eigenvalue weighted by atomic mass is 16.5. The molecule has 1 amide bonds. The Bertz CT molecular complexity index is 1360. The van der Waals surface area contributed by atoms with E-state index in [-0.39, 0.29) is 11.8 Å². The molecule has 186 valence electrons. The maximum atomic E-state index is 13.0. The molecule has 0 bridgehead atoms. The van der Waals surface area contributed by atoms with Crippen molar-refractivity contribution in [2.45, 2.75) is 58.9 Å². The van der Waals surface area contributed by atoms with Gasteiger partial charge in [-0.25, -0.2) is 4.98 Å². The molecule has 4 aromatic rings. The Balaban J connectivity index is 1.27. The second kappa shape index (κ2) is 10.6. The molecular formula is C31H35N3O2. The van der Waals surface area contributed by atoms with Crippen molar-refractivity contribution in [1.82, 2.24) is 9.55 Å². The molecule has 1 aliphatic heterocycles. The third kappa shape index (κ3) is 5.01. The average molecular weight is 482 g/mol. The molecule has 2 heterocycles. The molecule has 1 fully saturated rings. The van der Waals surface area contributed by atoms with Gasteiger partial charge < -0.3 is 14.2 Å². The largest absolute Gasteiger partial charge is 0.494 e. The lowest BCUT2D eigenvalue weighted by Crippen LogP contribution is -2.24. The molecular weight excluding hydrogens is 446 g/mol. The molecule has 1 atom stereocenters. The van der Waals surface area contributed by atoms with E-state index < -0.39 is 0 Å². The molecule has 5 heteroatoms. The van der Waals surface area contributed by atoms with Crippen LogP contribution in [0.2, 0.25) is 0 Å². The van der Waals surface area contributed by atoms with Crippen molar-refractivity contribution in [3.63, 3.8) is 0 Å². The van der Waals surface area contributed by atoms with Gasteiger partial charge in [0.15, 0.2) is 0 Å². The Morgan fingerprint density at radius 3 is 2.56 bits per heavy atom. The molecule has 1 aliphatic rings. The summed E-state index contributed by atoms with van der Waals surface area (Å²) in [4.78, 5) is 19.9. The number of ether oxygens (including phenoxy) is 1. The maximum Gasteiger partial charge on any atom is 0.227 e. The van der Waals surface area contributed by atoms with Gasteiger partial charge in [-0.15, -0.1) is 0 Å². The van der Waals surface area contributed by atoms with Crippen LogP contribution in [0.1, 0.15) is 54.6 Å². The van der Waals surface area contributed by atoms with E-state index in [0.717, 1.165) is 54.1 Å². The van der Waals surface area contributed by atoms with Gasteiger partial charge in [0.2, 0.25) is 5.91 Å². The SMILES string of the molecule is CCc1ccc(N2CC(c3nc4ccccc4n3CCCCOc3ccc(C)c(C)c3)CC2=O)cc1. The van der Waals surface area contributed by atoms with Gasteiger partial charge in [0.25, 0.3) is 0 Å². The lowest BCUT2D eigenvalue weighted by Gasteiger charge is -2.18. The quantitative estimate of drug-likeness (QED) is 0.253. The van der Waals surface area contributed by atoms with Crippen LogP contribution >= 0.6 is 0 Å². The van der Waals surface area contributed by atoms with E-state index in [1.807, 2.05) is 17.0 Å². The molecule has 36 heavy (non-hydrogen) atoms. The number of imidazole rings is 1. The maximum absolute atomic E-state index is 13.0. The molecule has 1 unspecified atom stereocenters. The van der Waals surface area contributed by atoms with Gasteiger partial charge in [-0.2, -0.15) is 0 Å². The summed E-state index contributed by atoms with van der Waals surface area (Å²) in [6, 6.07) is 22.9. The summed E-state index contributed by atoms with van der Waals surface area (Å²) >= 11 is 0. The number of benzene rings is 3. The zero-order chi connectivity index (χ0) is 25.1. The summed E-state index contributed by atoms with van der Waals surface area (Å²) in [5.74, 6) is 2.21. The number of amides is 1. The predicted molar refractivity (Wildman–Crippen MR) is 146 cm³/mol. The number of hydrogen-bond acceptors (Lipinski definition) is 3. The Labute approximate surface area is 213 Å². The molecule has 5 nitrogen and oxygen atoms in total. The van der Waals surface area contributed by atoms with Crippen molar-refractivity contribution in [1.29, 1.82) is 0 Å². The van der Waals surface area contributed by atoms with Crippen LogP contribution in [-0.4, -0.2) is 28.6 Å². The van der Waals surface area contributed by atoms with E-state index in [1.54, 1.807) is 0 Å². The highest BCUT2D eigenvalue weighted by Crippen LogP contribution is 2.33. The zero-order valence-corrected chi connectivity index (χ0v) is 21.5. The van der Waals surface area contributed by atoms with Gasteiger partial charge in [0, 0.05) is 31.1 Å². The van der Waals surface area contributed by atoms with Gasteiger partial charge >= 0.3 is 0 Å². The monoisotopic (exact) mass is 481 g/mol. The third-order valence-electron chi connectivity index (χ3n) is 7.35. The lowest BCUT2D eigenvalue weighted by molar-refractivity contribution is -0.117. The van der Waals surface area contributed by atoms with E-state index >= 15 is 0 Å². The average Bonchev–Trinajstić information content (AvgIpc) is 3.46. The van der Waals surface area contributed by atoms with Crippen molar-refractivity contribution in [2.24, 2.45) is 0 Å². The van der Waals surface area contributed by atoms with Crippen molar-refractivity contribution in [3.05, 3.63) is 89.2 Å². The van der Waals surface area contributed by atoms with E-state index in [2.05, 4.69) is 79.9 Å². The molecule has 1 saturated heterocycles. The summed E-state index contributed by atoms with van der Waals surface area (Å²) in [5.41, 5.74) is 6.93. The van der Waals surface area contributed by atoms with E-state index in [4.69, 9.17) is 9.72 Å². The Morgan fingerprint density at radius 2 is 1.78 bits per heavy atom. The topological polar surface area (TPSA) is 47.4 Å². The first kappa shape index (κ1) is 24.1. The summed E-state index contributed by atoms with van der Waals surface area (Å²) in [5, 5.41) is 0. The number of nitrogens with zero attached hydrogens (tertiary/aromatic N) is 3. The number of fused-ring (bicyclic) bond motifs is 1. The minimum atomic E-state index is 0.0857. The molecule has 0 N–H and O–H groups in total. The minimum absolute atomic E-state index is 0.0857. The fourth-order valence-corrected chi connectivity index (χ4v) is 5.05. The predicted octanol–water partition coefficient (Wildman–Crippen LogP) is 6.60. The first-order valence-electron chi connectivity index (χ1n) is 13.1. The summed E-state index contributed by atoms with van der Waals surface area (Å²) < 4.78 is 8.32. The van der Waals surface area contributed by atoms with Crippen molar-refractivity contribution in [2.75, 3.05) is 18.1 Å². The summed E-state index contributed by atoms with van der Waals surface area (Å²) in [7, 11) is 0. The van der Waals surface area contributed by atoms with Crippen molar-refractivity contribution >= 4 is 22.6 Å². The first-order valence-corrected chi connectivity index (χ1v) is 13.1. The van der Waals surface area contributed by atoms with Gasteiger partial charge in [-0.1, -0.05) is 37.3 Å². The van der Waals surface area contributed by atoms with Crippen LogP contribution in [0.15, 0.2) is 66.7 Å². The minimum Gasteiger partial charge on any atom is -0.494 e. The van der Waals surface area contributed by atoms with E-state index in [0.29, 0.717) is 19.6 Å². The molecule has 3 aromatic carbocycles. The third-order valence-corrected chi connectivity index (χ3v) is 7.35. The Hall–Kier alpha value is -3.60. The molecule has 0 radical (unpaired) electrons. The highest BCUT2D eigenvalue weighted by molar-refractivity contribution is 5.96. The van der Waals surface area contributed by atoms with Crippen LogP contribution in [0.3, 0.4) is 0 Å². The normalized spacial score (nSPS) is 15.7. The smallest absolute Gasteiger partial charge is 0.227 e. The molecule has 0 saturated carbocycles.